The number of aliphatic imine (C=N–C) groups is 1. The van der Waals surface area contributed by atoms with Crippen molar-refractivity contribution in [2.75, 3.05) is 38.4 Å². The van der Waals surface area contributed by atoms with Gasteiger partial charge in [0.15, 0.2) is 5.82 Å². The Morgan fingerprint density at radius 1 is 1.19 bits per heavy atom. The summed E-state index contributed by atoms with van der Waals surface area (Å²) >= 11 is 0. The van der Waals surface area contributed by atoms with Gasteiger partial charge in [-0.15, -0.1) is 0 Å². The summed E-state index contributed by atoms with van der Waals surface area (Å²) in [5, 5.41) is 10.6. The molecule has 186 valence electrons. The summed E-state index contributed by atoms with van der Waals surface area (Å²) in [6, 6.07) is 13.2. The molecule has 2 aromatic carbocycles. The van der Waals surface area contributed by atoms with Crippen LogP contribution < -0.4 is 20.1 Å². The van der Waals surface area contributed by atoms with Crippen LogP contribution in [0.25, 0.3) is 0 Å². The van der Waals surface area contributed by atoms with Crippen LogP contribution in [0.3, 0.4) is 0 Å². The van der Waals surface area contributed by atoms with Gasteiger partial charge in [-0.2, -0.15) is 14.8 Å². The van der Waals surface area contributed by atoms with Crippen molar-refractivity contribution in [3.63, 3.8) is 0 Å². The molecule has 10 nitrogen and oxygen atoms in total. The van der Waals surface area contributed by atoms with Gasteiger partial charge < -0.3 is 25.0 Å². The maximum atomic E-state index is 11.7. The van der Waals surface area contributed by atoms with Crippen LogP contribution in [0, 0.1) is 0 Å². The van der Waals surface area contributed by atoms with Gasteiger partial charge in [-0.25, -0.2) is 0 Å². The van der Waals surface area contributed by atoms with E-state index in [0.29, 0.717) is 23.2 Å². The van der Waals surface area contributed by atoms with Gasteiger partial charge in [-0.3, -0.25) is 9.69 Å². The van der Waals surface area contributed by atoms with Gasteiger partial charge in [0.2, 0.25) is 11.9 Å². The summed E-state index contributed by atoms with van der Waals surface area (Å²) in [7, 11) is 5.68. The number of hydrogen-bond acceptors (Lipinski definition) is 8. The average molecular weight is 488 g/mol. The second-order valence-electron chi connectivity index (χ2n) is 8.78. The lowest BCUT2D eigenvalue weighted by Crippen LogP contribution is -2.44. The zero-order valence-corrected chi connectivity index (χ0v) is 20.6. The van der Waals surface area contributed by atoms with Crippen molar-refractivity contribution in [1.29, 1.82) is 0 Å². The number of aromatic nitrogens is 2. The second kappa shape index (κ2) is 9.74. The fraction of sp³-hybridized carbons (Fsp3) is 0.269. The van der Waals surface area contributed by atoms with E-state index in [1.54, 1.807) is 30.1 Å². The number of guanidine groups is 1. The lowest BCUT2D eigenvalue weighted by molar-refractivity contribution is -0.111. The van der Waals surface area contributed by atoms with Crippen LogP contribution in [0.1, 0.15) is 17.5 Å². The first-order chi connectivity index (χ1) is 17.4. The Labute approximate surface area is 209 Å². The number of carbonyl (C=O) groups excluding carboxylic acids is 1. The van der Waals surface area contributed by atoms with Crippen LogP contribution in [0.4, 0.5) is 17.2 Å². The van der Waals surface area contributed by atoms with Gasteiger partial charge in [-0.05, 0) is 54.9 Å². The molecule has 2 aliphatic rings. The molecule has 36 heavy (non-hydrogen) atoms. The number of ether oxygens (including phenoxy) is 2. The minimum absolute atomic E-state index is 0.291. The molecule has 5 rings (SSSR count). The number of nitrogens with zero attached hydrogens (tertiary/aromatic N) is 5. The van der Waals surface area contributed by atoms with Gasteiger partial charge >= 0.3 is 0 Å². The van der Waals surface area contributed by atoms with Gasteiger partial charge in [0.25, 0.3) is 6.35 Å². The zero-order chi connectivity index (χ0) is 25.2. The molecule has 0 radical (unpaired) electrons. The van der Waals surface area contributed by atoms with Crippen molar-refractivity contribution < 1.29 is 14.3 Å². The number of likely N-dealkylation sites (N-methyl/N-ethyl adjacent to an activating group) is 1. The zero-order valence-electron chi connectivity index (χ0n) is 20.6. The summed E-state index contributed by atoms with van der Waals surface area (Å²) in [5.74, 6) is 2.26. The van der Waals surface area contributed by atoms with E-state index >= 15 is 0 Å². The number of nitrogens with one attached hydrogen (secondary N) is 2. The first-order valence-electron chi connectivity index (χ1n) is 11.7. The molecular weight excluding hydrogens is 458 g/mol. The van der Waals surface area contributed by atoms with E-state index in [-0.39, 0.29) is 5.91 Å². The molecule has 1 aromatic heterocycles. The molecule has 10 heteroatoms. The van der Waals surface area contributed by atoms with Crippen molar-refractivity contribution in [2.45, 2.75) is 19.3 Å². The summed E-state index contributed by atoms with van der Waals surface area (Å²) < 4.78 is 13.7. The highest BCUT2D eigenvalue weighted by Crippen LogP contribution is 2.34. The maximum absolute atomic E-state index is 11.7. The Bertz CT molecular complexity index is 1330. The molecule has 3 aromatic rings. The molecule has 0 aliphatic carbocycles. The molecule has 2 aliphatic heterocycles. The van der Waals surface area contributed by atoms with Gasteiger partial charge in [0.1, 0.15) is 11.5 Å². The quantitative estimate of drug-likeness (QED) is 0.513. The number of anilines is 2. The molecule has 0 saturated heterocycles. The molecule has 2 N–H and O–H groups in total. The van der Waals surface area contributed by atoms with Crippen molar-refractivity contribution in [3.8, 4) is 11.5 Å². The minimum Gasteiger partial charge on any atom is -0.495 e. The largest absolute Gasteiger partial charge is 0.495 e. The van der Waals surface area contributed by atoms with Crippen LogP contribution in [-0.2, 0) is 17.8 Å². The molecule has 1 unspecified atom stereocenters. The molecule has 0 bridgehead atoms. The number of benzene rings is 2. The summed E-state index contributed by atoms with van der Waals surface area (Å²) in [6.45, 7) is 5.40. The summed E-state index contributed by atoms with van der Waals surface area (Å²) in [5.41, 5.74) is 4.01. The standard InChI is InChI=1S/C26H29N7O3/c1-5-24(34)28-19-7-6-8-20(15-19)36-26-32(3)25(30-23-9-11-27-33(23)26)29-21-13-17-10-12-31(2)16-18(17)14-22(21)35-4/h5-9,11,13-15,26H,1,10,12,16H2,2-4H3,(H,28,34)(H,29,30). The van der Waals surface area contributed by atoms with E-state index < -0.39 is 6.35 Å². The highest BCUT2D eigenvalue weighted by atomic mass is 16.5. The van der Waals surface area contributed by atoms with Crippen LogP contribution in [0.5, 0.6) is 11.5 Å². The predicted octanol–water partition coefficient (Wildman–Crippen LogP) is 3.58. The number of fused-ring (bicyclic) bond motifs is 2. The number of carbonyl (C=O) groups is 1. The summed E-state index contributed by atoms with van der Waals surface area (Å²) in [4.78, 5) is 20.6. The van der Waals surface area contributed by atoms with E-state index in [9.17, 15) is 4.79 Å². The van der Waals surface area contributed by atoms with E-state index in [2.05, 4.69) is 46.4 Å². The number of rotatable bonds is 6. The molecular formula is C26H29N7O3. The second-order valence-corrected chi connectivity index (χ2v) is 8.78. The molecule has 0 saturated carbocycles. The van der Waals surface area contributed by atoms with Gasteiger partial charge in [0.05, 0.1) is 19.0 Å². The third kappa shape index (κ3) is 4.63. The third-order valence-corrected chi connectivity index (χ3v) is 6.24. The number of methoxy groups -OCH3 is 1. The van der Waals surface area contributed by atoms with E-state index in [1.807, 2.05) is 30.1 Å². The normalized spacial score (nSPS) is 16.9. The fourth-order valence-corrected chi connectivity index (χ4v) is 4.34. The lowest BCUT2D eigenvalue weighted by Gasteiger charge is -2.35. The first kappa shape index (κ1) is 23.4. The van der Waals surface area contributed by atoms with Crippen molar-refractivity contribution >= 4 is 29.1 Å². The Hall–Kier alpha value is -4.31. The molecule has 1 amide bonds. The minimum atomic E-state index is -0.613. The van der Waals surface area contributed by atoms with Crippen LogP contribution in [0.2, 0.25) is 0 Å². The van der Waals surface area contributed by atoms with Gasteiger partial charge in [0, 0.05) is 38.0 Å². The maximum Gasteiger partial charge on any atom is 0.275 e. The molecule has 1 atom stereocenters. The molecule has 3 heterocycles. The Kier molecular flexibility index (Phi) is 6.34. The van der Waals surface area contributed by atoms with Crippen LogP contribution in [0.15, 0.2) is 66.3 Å². The number of amides is 1. The Balaban J connectivity index is 1.42. The van der Waals surface area contributed by atoms with Crippen LogP contribution in [-0.4, -0.2) is 59.2 Å². The van der Waals surface area contributed by atoms with E-state index in [1.165, 1.54) is 17.2 Å². The highest BCUT2D eigenvalue weighted by molar-refractivity contribution is 5.99. The smallest absolute Gasteiger partial charge is 0.275 e. The van der Waals surface area contributed by atoms with E-state index in [0.717, 1.165) is 30.9 Å². The molecule has 0 fully saturated rings. The Morgan fingerprint density at radius 2 is 2.06 bits per heavy atom. The number of hydrogen-bond donors (Lipinski definition) is 2. The highest BCUT2D eigenvalue weighted by Gasteiger charge is 2.30. The fourth-order valence-electron chi connectivity index (χ4n) is 4.34. The first-order valence-corrected chi connectivity index (χ1v) is 11.7. The topological polar surface area (TPSA) is 96.2 Å². The Morgan fingerprint density at radius 3 is 2.86 bits per heavy atom. The van der Waals surface area contributed by atoms with Gasteiger partial charge in [-0.1, -0.05) is 12.6 Å². The SMILES string of the molecule is C=CC(=O)Nc1cccc(OC2N(C)C(Nc3cc4c(cc3OC)CN(C)CC4)=Nc3ccnn32)c1. The molecule has 0 spiro atoms. The monoisotopic (exact) mass is 487 g/mol. The average Bonchev–Trinajstić information content (AvgIpc) is 3.34. The third-order valence-electron chi connectivity index (χ3n) is 6.24. The summed E-state index contributed by atoms with van der Waals surface area (Å²) in [6.07, 6.45) is 3.27. The predicted molar refractivity (Wildman–Crippen MR) is 139 cm³/mol. The van der Waals surface area contributed by atoms with E-state index in [4.69, 9.17) is 14.5 Å². The van der Waals surface area contributed by atoms with Crippen molar-refractivity contribution in [1.82, 2.24) is 19.6 Å². The lowest BCUT2D eigenvalue weighted by atomic mass is 9.99. The van der Waals surface area contributed by atoms with Crippen LogP contribution >= 0.6 is 0 Å². The van der Waals surface area contributed by atoms with Crippen molar-refractivity contribution in [3.05, 3.63) is 72.4 Å². The van der Waals surface area contributed by atoms with Crippen molar-refractivity contribution in [2.24, 2.45) is 4.99 Å².